The van der Waals surface area contributed by atoms with Gasteiger partial charge in [-0.15, -0.1) is 0 Å². The first-order valence-corrected chi connectivity index (χ1v) is 8.54. The zero-order valence-corrected chi connectivity index (χ0v) is 15.1. The quantitative estimate of drug-likeness (QED) is 0.548. The minimum atomic E-state index is -0.539. The maximum Gasteiger partial charge on any atom is 0.222 e. The van der Waals surface area contributed by atoms with Crippen molar-refractivity contribution in [3.8, 4) is 11.8 Å². The Bertz CT molecular complexity index is 1260. The van der Waals surface area contributed by atoms with Crippen LogP contribution < -0.4 is 11.1 Å². The Morgan fingerprint density at radius 2 is 1.97 bits per heavy atom. The topological polar surface area (TPSA) is 118 Å². The molecule has 0 aliphatic heterocycles. The van der Waals surface area contributed by atoms with Crippen molar-refractivity contribution in [3.63, 3.8) is 0 Å². The van der Waals surface area contributed by atoms with Gasteiger partial charge in [-0.3, -0.25) is 9.55 Å². The SMILES string of the molecule is C[C@H](Nc1nc(N)ncc1C#N)c1nc2ccc(F)cc2n1-c1cncc(F)c1. The lowest BCUT2D eigenvalue weighted by Crippen LogP contribution is -2.15. The molecule has 29 heavy (non-hydrogen) atoms. The predicted molar refractivity (Wildman–Crippen MR) is 102 cm³/mol. The molecule has 0 aliphatic rings. The zero-order chi connectivity index (χ0) is 20.5. The number of nitriles is 1. The number of anilines is 2. The fraction of sp³-hybridized carbons (Fsp3) is 0.105. The van der Waals surface area contributed by atoms with E-state index in [0.717, 1.165) is 6.20 Å². The number of pyridine rings is 1. The molecule has 0 amide bonds. The fourth-order valence-electron chi connectivity index (χ4n) is 3.01. The summed E-state index contributed by atoms with van der Waals surface area (Å²) in [7, 11) is 0. The Morgan fingerprint density at radius 3 is 2.72 bits per heavy atom. The number of halogens is 2. The molecule has 0 radical (unpaired) electrons. The number of fused-ring (bicyclic) bond motifs is 1. The van der Waals surface area contributed by atoms with Crippen LogP contribution in [0, 0.1) is 23.0 Å². The molecule has 0 unspecified atom stereocenters. The van der Waals surface area contributed by atoms with Gasteiger partial charge < -0.3 is 11.1 Å². The van der Waals surface area contributed by atoms with Crippen molar-refractivity contribution < 1.29 is 8.78 Å². The van der Waals surface area contributed by atoms with Gasteiger partial charge in [0.1, 0.15) is 34.9 Å². The summed E-state index contributed by atoms with van der Waals surface area (Å²) < 4.78 is 29.3. The van der Waals surface area contributed by atoms with E-state index in [1.807, 2.05) is 6.07 Å². The third-order valence-electron chi connectivity index (χ3n) is 4.26. The Labute approximate surface area is 163 Å². The highest BCUT2D eigenvalue weighted by molar-refractivity contribution is 5.78. The molecule has 0 aliphatic carbocycles. The van der Waals surface area contributed by atoms with E-state index in [2.05, 4.69) is 25.3 Å². The number of hydrogen-bond acceptors (Lipinski definition) is 7. The highest BCUT2D eigenvalue weighted by Crippen LogP contribution is 2.28. The second kappa shape index (κ2) is 7.12. The Hall–Kier alpha value is -4.13. The Kier molecular flexibility index (Phi) is 4.48. The smallest absolute Gasteiger partial charge is 0.222 e. The number of nitrogens with two attached hydrogens (primary N) is 1. The van der Waals surface area contributed by atoms with Crippen molar-refractivity contribution >= 4 is 22.8 Å². The van der Waals surface area contributed by atoms with E-state index in [9.17, 15) is 14.0 Å². The molecule has 1 atom stereocenters. The zero-order valence-electron chi connectivity index (χ0n) is 15.1. The van der Waals surface area contributed by atoms with Crippen molar-refractivity contribution in [2.24, 2.45) is 0 Å². The minimum Gasteiger partial charge on any atom is -0.368 e. The molecule has 0 spiro atoms. The molecule has 3 aromatic heterocycles. The number of aromatic nitrogens is 5. The van der Waals surface area contributed by atoms with Gasteiger partial charge in [0, 0.05) is 12.1 Å². The van der Waals surface area contributed by atoms with Gasteiger partial charge in [0.2, 0.25) is 5.95 Å². The summed E-state index contributed by atoms with van der Waals surface area (Å²) in [4.78, 5) is 16.3. The molecular weight excluding hydrogens is 378 g/mol. The highest BCUT2D eigenvalue weighted by atomic mass is 19.1. The van der Waals surface area contributed by atoms with Gasteiger partial charge >= 0.3 is 0 Å². The Balaban J connectivity index is 1.86. The molecular formula is C19H14F2N8. The van der Waals surface area contributed by atoms with E-state index < -0.39 is 17.7 Å². The van der Waals surface area contributed by atoms with Gasteiger partial charge in [-0.2, -0.15) is 10.2 Å². The number of nitrogens with one attached hydrogen (secondary N) is 1. The molecule has 8 nitrogen and oxygen atoms in total. The molecule has 4 rings (SSSR count). The molecule has 4 aromatic rings. The molecule has 0 saturated heterocycles. The van der Waals surface area contributed by atoms with Gasteiger partial charge in [-0.1, -0.05) is 0 Å². The summed E-state index contributed by atoms with van der Waals surface area (Å²) in [5, 5.41) is 12.4. The minimum absolute atomic E-state index is 0.00334. The third-order valence-corrected chi connectivity index (χ3v) is 4.26. The Morgan fingerprint density at radius 1 is 1.14 bits per heavy atom. The van der Waals surface area contributed by atoms with Crippen LogP contribution in [-0.2, 0) is 0 Å². The molecule has 3 N–H and O–H groups in total. The number of nitrogens with zero attached hydrogens (tertiary/aromatic N) is 6. The van der Waals surface area contributed by atoms with E-state index in [0.29, 0.717) is 22.5 Å². The number of benzene rings is 1. The molecule has 144 valence electrons. The van der Waals surface area contributed by atoms with Crippen molar-refractivity contribution in [2.75, 3.05) is 11.1 Å². The maximum absolute atomic E-state index is 13.9. The predicted octanol–water partition coefficient (Wildman–Crippen LogP) is 3.12. The van der Waals surface area contributed by atoms with Crippen LogP contribution in [0.15, 0.2) is 42.9 Å². The lowest BCUT2D eigenvalue weighted by molar-refractivity contribution is 0.619. The molecule has 0 saturated carbocycles. The molecule has 0 fully saturated rings. The number of nitrogen functional groups attached to an aromatic ring is 1. The maximum atomic E-state index is 13.9. The van der Waals surface area contributed by atoms with Crippen LogP contribution in [0.5, 0.6) is 0 Å². The summed E-state index contributed by atoms with van der Waals surface area (Å²) in [5.41, 5.74) is 7.17. The first-order valence-electron chi connectivity index (χ1n) is 8.54. The van der Waals surface area contributed by atoms with Gasteiger partial charge in [-0.05, 0) is 19.1 Å². The lowest BCUT2D eigenvalue weighted by atomic mass is 10.2. The van der Waals surface area contributed by atoms with Crippen molar-refractivity contribution in [2.45, 2.75) is 13.0 Å². The van der Waals surface area contributed by atoms with E-state index >= 15 is 0 Å². The van der Waals surface area contributed by atoms with Crippen molar-refractivity contribution in [3.05, 3.63) is 65.9 Å². The van der Waals surface area contributed by atoms with Crippen LogP contribution in [-0.4, -0.2) is 24.5 Å². The second-order valence-corrected chi connectivity index (χ2v) is 6.27. The van der Waals surface area contributed by atoms with Gasteiger partial charge in [0.05, 0.1) is 41.4 Å². The third kappa shape index (κ3) is 3.41. The van der Waals surface area contributed by atoms with Crippen molar-refractivity contribution in [1.29, 1.82) is 5.26 Å². The number of hydrogen-bond donors (Lipinski definition) is 2. The van der Waals surface area contributed by atoms with Crippen LogP contribution in [0.4, 0.5) is 20.5 Å². The van der Waals surface area contributed by atoms with Crippen LogP contribution in [0.1, 0.15) is 24.4 Å². The van der Waals surface area contributed by atoms with Crippen LogP contribution in [0.2, 0.25) is 0 Å². The van der Waals surface area contributed by atoms with Crippen molar-refractivity contribution in [1.82, 2.24) is 24.5 Å². The summed E-state index contributed by atoms with van der Waals surface area (Å²) in [5.74, 6) is -0.314. The van der Waals surface area contributed by atoms with Crippen LogP contribution in [0.25, 0.3) is 16.7 Å². The normalized spacial score (nSPS) is 11.9. The standard InChI is InChI=1S/C19H14F2N8/c1-10(26-17-11(6-22)7-25-19(23)28-17)18-27-15-3-2-12(20)5-16(15)29(18)14-4-13(21)8-24-9-14/h2-5,7-10H,1H3,(H3,23,25,26,28)/t10-/m0/s1. The average Bonchev–Trinajstić information content (AvgIpc) is 3.07. The number of imidazole rings is 1. The molecule has 1 aromatic carbocycles. The fourth-order valence-corrected chi connectivity index (χ4v) is 3.01. The summed E-state index contributed by atoms with van der Waals surface area (Å²) in [6.07, 6.45) is 3.84. The first-order chi connectivity index (χ1) is 14.0. The summed E-state index contributed by atoms with van der Waals surface area (Å²) in [6, 6.07) is 6.90. The van der Waals surface area contributed by atoms with Gasteiger partial charge in [0.15, 0.2) is 0 Å². The monoisotopic (exact) mass is 392 g/mol. The molecule has 10 heteroatoms. The van der Waals surface area contributed by atoms with E-state index in [1.54, 1.807) is 11.5 Å². The summed E-state index contributed by atoms with van der Waals surface area (Å²) >= 11 is 0. The van der Waals surface area contributed by atoms with E-state index in [4.69, 9.17) is 5.73 Å². The van der Waals surface area contributed by atoms with Crippen LogP contribution in [0.3, 0.4) is 0 Å². The van der Waals surface area contributed by atoms with Gasteiger partial charge in [-0.25, -0.2) is 18.7 Å². The second-order valence-electron chi connectivity index (χ2n) is 6.27. The molecule has 0 bridgehead atoms. The highest BCUT2D eigenvalue weighted by Gasteiger charge is 2.20. The first kappa shape index (κ1) is 18.2. The van der Waals surface area contributed by atoms with E-state index in [-0.39, 0.29) is 17.3 Å². The molecule has 3 heterocycles. The number of rotatable bonds is 4. The van der Waals surface area contributed by atoms with Crippen LogP contribution >= 0.6 is 0 Å². The van der Waals surface area contributed by atoms with Gasteiger partial charge in [0.25, 0.3) is 0 Å². The average molecular weight is 392 g/mol. The largest absolute Gasteiger partial charge is 0.368 e. The van der Waals surface area contributed by atoms with E-state index in [1.165, 1.54) is 36.7 Å². The lowest BCUT2D eigenvalue weighted by Gasteiger charge is -2.17. The summed E-state index contributed by atoms with van der Waals surface area (Å²) in [6.45, 7) is 1.78.